The summed E-state index contributed by atoms with van der Waals surface area (Å²) in [6, 6.07) is -0.585. The molecule has 0 N–H and O–H groups in total. The van der Waals surface area contributed by atoms with Gasteiger partial charge in [-0.1, -0.05) is 6.92 Å². The predicted molar refractivity (Wildman–Crippen MR) is 70.5 cm³/mol. The highest BCUT2D eigenvalue weighted by molar-refractivity contribution is 7.99. The Kier molecular flexibility index (Phi) is 6.69. The lowest BCUT2D eigenvalue weighted by Crippen LogP contribution is -2.43. The molecule has 0 spiro atoms. The van der Waals surface area contributed by atoms with Crippen molar-refractivity contribution in [1.82, 2.24) is 4.90 Å². The third kappa shape index (κ3) is 4.74. The molecule has 0 bridgehead atoms. The first-order valence-electron chi connectivity index (χ1n) is 6.29. The van der Waals surface area contributed by atoms with E-state index in [1.54, 1.807) is 6.92 Å². The monoisotopic (exact) mass is 289 g/mol. The van der Waals surface area contributed by atoms with Gasteiger partial charge in [-0.25, -0.2) is 9.59 Å². The van der Waals surface area contributed by atoms with Gasteiger partial charge in [0.05, 0.1) is 12.5 Å². The van der Waals surface area contributed by atoms with Crippen LogP contribution in [0.15, 0.2) is 0 Å². The molecule has 1 amide bonds. The van der Waals surface area contributed by atoms with Crippen LogP contribution in [0.4, 0.5) is 0 Å². The highest BCUT2D eigenvalue weighted by atomic mass is 32.2. The first-order valence-corrected chi connectivity index (χ1v) is 7.45. The maximum Gasteiger partial charge on any atom is 0.344 e. The minimum absolute atomic E-state index is 0.0504. The second-order valence-corrected chi connectivity index (χ2v) is 5.04. The minimum Gasteiger partial charge on any atom is -0.463 e. The molecule has 7 heteroatoms. The zero-order chi connectivity index (χ0) is 14.3. The topological polar surface area (TPSA) is 72.9 Å². The molecule has 0 aliphatic carbocycles. The van der Waals surface area contributed by atoms with Gasteiger partial charge in [-0.3, -0.25) is 4.79 Å². The number of nitrogens with zero attached hydrogens (tertiary/aromatic N) is 1. The molecule has 1 rings (SSSR count). The number of carbonyl (C=O) groups excluding carboxylic acids is 3. The number of ether oxygens (including phenoxy) is 2. The molecular weight excluding hydrogens is 270 g/mol. The number of amides is 1. The van der Waals surface area contributed by atoms with Gasteiger partial charge in [0.15, 0.2) is 6.61 Å². The van der Waals surface area contributed by atoms with Crippen LogP contribution in [0.5, 0.6) is 0 Å². The molecule has 1 heterocycles. The Balaban J connectivity index is 2.46. The molecule has 19 heavy (non-hydrogen) atoms. The number of thioether (sulfide) groups is 1. The van der Waals surface area contributed by atoms with E-state index >= 15 is 0 Å². The number of carbonyl (C=O) groups is 3. The summed E-state index contributed by atoms with van der Waals surface area (Å²) in [6.45, 7) is 3.44. The third-order valence-electron chi connectivity index (χ3n) is 2.58. The Hall–Kier alpha value is -1.24. The molecule has 0 aromatic rings. The molecule has 1 atom stereocenters. The average Bonchev–Trinajstić information content (AvgIpc) is 2.86. The fourth-order valence-corrected chi connectivity index (χ4v) is 2.84. The van der Waals surface area contributed by atoms with Crippen LogP contribution in [0.25, 0.3) is 0 Å². The Morgan fingerprint density at radius 2 is 2.00 bits per heavy atom. The van der Waals surface area contributed by atoms with Crippen molar-refractivity contribution in [2.75, 3.05) is 24.8 Å². The van der Waals surface area contributed by atoms with Crippen LogP contribution >= 0.6 is 11.8 Å². The largest absolute Gasteiger partial charge is 0.463 e. The second-order valence-electron chi connectivity index (χ2n) is 4.04. The third-order valence-corrected chi connectivity index (χ3v) is 3.59. The van der Waals surface area contributed by atoms with Crippen LogP contribution < -0.4 is 0 Å². The van der Waals surface area contributed by atoms with Gasteiger partial charge in [-0.05, 0) is 13.3 Å². The van der Waals surface area contributed by atoms with Gasteiger partial charge in [-0.15, -0.1) is 11.8 Å². The van der Waals surface area contributed by atoms with Crippen molar-refractivity contribution in [2.45, 2.75) is 32.7 Å². The molecule has 108 valence electrons. The maximum atomic E-state index is 11.8. The van der Waals surface area contributed by atoms with Crippen molar-refractivity contribution < 1.29 is 23.9 Å². The van der Waals surface area contributed by atoms with E-state index in [1.165, 1.54) is 16.7 Å². The van der Waals surface area contributed by atoms with E-state index in [1.807, 2.05) is 6.92 Å². The SMILES string of the molecule is CCCC(=O)N1CSC[C@@H]1C(=O)OCC(=O)OCC. The Labute approximate surface area is 116 Å². The van der Waals surface area contributed by atoms with Gasteiger partial charge in [0.1, 0.15) is 6.04 Å². The fourth-order valence-electron chi connectivity index (χ4n) is 1.67. The Morgan fingerprint density at radius 1 is 1.26 bits per heavy atom. The zero-order valence-electron chi connectivity index (χ0n) is 11.2. The molecule has 6 nitrogen and oxygen atoms in total. The molecule has 0 saturated carbocycles. The number of hydrogen-bond donors (Lipinski definition) is 0. The summed E-state index contributed by atoms with van der Waals surface area (Å²) in [6.07, 6.45) is 1.16. The summed E-state index contributed by atoms with van der Waals surface area (Å²) in [5.41, 5.74) is 0. The van der Waals surface area contributed by atoms with Gasteiger partial charge >= 0.3 is 11.9 Å². The van der Waals surface area contributed by atoms with Gasteiger partial charge in [-0.2, -0.15) is 0 Å². The first-order chi connectivity index (χ1) is 9.10. The summed E-state index contributed by atoms with van der Waals surface area (Å²) in [4.78, 5) is 36.3. The fraction of sp³-hybridized carbons (Fsp3) is 0.750. The summed E-state index contributed by atoms with van der Waals surface area (Å²) >= 11 is 1.51. The Bertz CT molecular complexity index is 347. The average molecular weight is 289 g/mol. The van der Waals surface area contributed by atoms with E-state index in [2.05, 4.69) is 4.74 Å². The number of rotatable bonds is 6. The van der Waals surface area contributed by atoms with Crippen LogP contribution in [-0.2, 0) is 23.9 Å². The van der Waals surface area contributed by atoms with Crippen molar-refractivity contribution in [1.29, 1.82) is 0 Å². The molecule has 0 aromatic heterocycles. The van der Waals surface area contributed by atoms with E-state index in [9.17, 15) is 14.4 Å². The number of hydrogen-bond acceptors (Lipinski definition) is 6. The predicted octanol–water partition coefficient (Wildman–Crippen LogP) is 0.794. The Morgan fingerprint density at radius 3 is 2.63 bits per heavy atom. The molecule has 0 aromatic carbocycles. The number of esters is 2. The summed E-state index contributed by atoms with van der Waals surface area (Å²) in [5, 5.41) is 0. The van der Waals surface area contributed by atoms with Crippen LogP contribution in [-0.4, -0.2) is 53.6 Å². The smallest absolute Gasteiger partial charge is 0.344 e. The molecule has 1 aliphatic heterocycles. The highest BCUT2D eigenvalue weighted by Gasteiger charge is 2.35. The molecule has 0 radical (unpaired) electrons. The zero-order valence-corrected chi connectivity index (χ0v) is 12.0. The van der Waals surface area contributed by atoms with E-state index in [0.717, 1.165) is 6.42 Å². The van der Waals surface area contributed by atoms with Crippen molar-refractivity contribution >= 4 is 29.6 Å². The van der Waals surface area contributed by atoms with E-state index in [4.69, 9.17) is 4.74 Å². The summed E-state index contributed by atoms with van der Waals surface area (Å²) in [7, 11) is 0. The molecule has 1 fully saturated rings. The molecule has 0 unspecified atom stereocenters. The van der Waals surface area contributed by atoms with Gasteiger partial charge < -0.3 is 14.4 Å². The van der Waals surface area contributed by atoms with Crippen molar-refractivity contribution in [3.8, 4) is 0 Å². The minimum atomic E-state index is -0.585. The van der Waals surface area contributed by atoms with Crippen LogP contribution in [0.1, 0.15) is 26.7 Å². The van der Waals surface area contributed by atoms with Crippen molar-refractivity contribution in [3.05, 3.63) is 0 Å². The quantitative estimate of drug-likeness (QED) is 0.673. The van der Waals surface area contributed by atoms with Gasteiger partial charge in [0, 0.05) is 12.2 Å². The molecular formula is C12H19NO5S. The summed E-state index contributed by atoms with van der Waals surface area (Å²) < 4.78 is 9.54. The van der Waals surface area contributed by atoms with E-state index in [0.29, 0.717) is 18.1 Å². The molecule has 1 aliphatic rings. The van der Waals surface area contributed by atoms with E-state index < -0.39 is 24.6 Å². The van der Waals surface area contributed by atoms with Crippen LogP contribution in [0.3, 0.4) is 0 Å². The van der Waals surface area contributed by atoms with Crippen molar-refractivity contribution in [3.63, 3.8) is 0 Å². The maximum absolute atomic E-state index is 11.8. The first kappa shape index (κ1) is 15.8. The van der Waals surface area contributed by atoms with Gasteiger partial charge in [0.2, 0.25) is 5.91 Å². The van der Waals surface area contributed by atoms with Gasteiger partial charge in [0.25, 0.3) is 0 Å². The lowest BCUT2D eigenvalue weighted by Gasteiger charge is -2.21. The lowest BCUT2D eigenvalue weighted by molar-refractivity contribution is -0.162. The van der Waals surface area contributed by atoms with Crippen LogP contribution in [0, 0.1) is 0 Å². The normalized spacial score (nSPS) is 18.2. The molecule has 1 saturated heterocycles. The standard InChI is InChI=1S/C12H19NO5S/c1-3-5-10(14)13-8-19-7-9(13)12(16)18-6-11(15)17-4-2/h9H,3-8H2,1-2H3/t9-/m1/s1. The lowest BCUT2D eigenvalue weighted by atomic mass is 10.2. The second kappa shape index (κ2) is 8.04. The highest BCUT2D eigenvalue weighted by Crippen LogP contribution is 2.22. The summed E-state index contributed by atoms with van der Waals surface area (Å²) in [5.74, 6) is -0.157. The van der Waals surface area contributed by atoms with Crippen LogP contribution in [0.2, 0.25) is 0 Å². The van der Waals surface area contributed by atoms with Crippen molar-refractivity contribution in [2.24, 2.45) is 0 Å². The van der Waals surface area contributed by atoms with E-state index in [-0.39, 0.29) is 12.5 Å².